The van der Waals surface area contributed by atoms with Gasteiger partial charge in [-0.3, -0.25) is 13.9 Å². The normalized spacial score (nSPS) is 12.0. The van der Waals surface area contributed by atoms with E-state index in [1.54, 1.807) is 42.5 Å². The topological polar surface area (TPSA) is 86.8 Å². The van der Waals surface area contributed by atoms with E-state index < -0.39 is 40.2 Å². The van der Waals surface area contributed by atoms with Gasteiger partial charge < -0.3 is 10.2 Å². The van der Waals surface area contributed by atoms with Gasteiger partial charge in [-0.15, -0.1) is 0 Å². The third kappa shape index (κ3) is 5.91. The molecule has 190 valence electrons. The summed E-state index contributed by atoms with van der Waals surface area (Å²) in [5.74, 6) is -1.63. The first kappa shape index (κ1) is 26.9. The summed E-state index contributed by atoms with van der Waals surface area (Å²) in [5, 5.41) is 2.50. The summed E-state index contributed by atoms with van der Waals surface area (Å²) >= 11 is 0. The van der Waals surface area contributed by atoms with Gasteiger partial charge in [-0.25, -0.2) is 12.8 Å². The fourth-order valence-electron chi connectivity index (χ4n) is 3.73. The summed E-state index contributed by atoms with van der Waals surface area (Å²) in [6.07, 6.45) is 0. The van der Waals surface area contributed by atoms with E-state index in [4.69, 9.17) is 0 Å². The largest absolute Gasteiger partial charge is 0.357 e. The minimum atomic E-state index is -4.13. The SMILES string of the molecule is CNC(=O)C(C)N(Cc1ccccc1F)C(=O)CN(c1ccc(C)c(C)c1)S(=O)(=O)c1ccccc1. The van der Waals surface area contributed by atoms with Crippen LogP contribution in [0.2, 0.25) is 0 Å². The molecule has 7 nitrogen and oxygen atoms in total. The van der Waals surface area contributed by atoms with Crippen LogP contribution in [-0.4, -0.2) is 44.8 Å². The number of carbonyl (C=O) groups excluding carboxylic acids is 2. The van der Waals surface area contributed by atoms with Crippen molar-refractivity contribution in [3.8, 4) is 0 Å². The van der Waals surface area contributed by atoms with Gasteiger partial charge in [0.2, 0.25) is 11.8 Å². The Kier molecular flexibility index (Phi) is 8.47. The number of sulfonamides is 1. The van der Waals surface area contributed by atoms with Crippen LogP contribution in [-0.2, 0) is 26.2 Å². The molecule has 3 aromatic carbocycles. The first-order valence-electron chi connectivity index (χ1n) is 11.5. The van der Waals surface area contributed by atoms with Crippen molar-refractivity contribution in [3.63, 3.8) is 0 Å². The monoisotopic (exact) mass is 511 g/mol. The van der Waals surface area contributed by atoms with E-state index in [0.717, 1.165) is 15.4 Å². The molecular weight excluding hydrogens is 481 g/mol. The number of nitrogens with zero attached hydrogens (tertiary/aromatic N) is 2. The second-order valence-corrected chi connectivity index (χ2v) is 10.4. The highest BCUT2D eigenvalue weighted by Crippen LogP contribution is 2.26. The van der Waals surface area contributed by atoms with E-state index in [2.05, 4.69) is 5.32 Å². The maximum absolute atomic E-state index is 14.4. The Morgan fingerprint density at radius 1 is 0.944 bits per heavy atom. The highest BCUT2D eigenvalue weighted by Gasteiger charge is 2.32. The van der Waals surface area contributed by atoms with Crippen LogP contribution in [0.15, 0.2) is 77.7 Å². The van der Waals surface area contributed by atoms with Crippen LogP contribution in [0.3, 0.4) is 0 Å². The highest BCUT2D eigenvalue weighted by atomic mass is 32.2. The standard InChI is InChI=1S/C27H30FN3O4S/c1-19-14-15-23(16-20(19)2)31(36(34,35)24-11-6-5-7-12-24)18-26(32)30(21(3)27(33)29-4)17-22-10-8-9-13-25(22)28/h5-16,21H,17-18H2,1-4H3,(H,29,33). The van der Waals surface area contributed by atoms with E-state index in [9.17, 15) is 22.4 Å². The number of rotatable bonds is 9. The number of likely N-dealkylation sites (N-methyl/N-ethyl adjacent to an activating group) is 1. The first-order valence-corrected chi connectivity index (χ1v) is 12.9. The van der Waals surface area contributed by atoms with Gasteiger partial charge in [0, 0.05) is 19.2 Å². The molecule has 1 unspecified atom stereocenters. The predicted molar refractivity (Wildman–Crippen MR) is 137 cm³/mol. The predicted octanol–water partition coefficient (Wildman–Crippen LogP) is 3.80. The Labute approximate surface area is 211 Å². The third-order valence-corrected chi connectivity index (χ3v) is 7.89. The molecule has 0 saturated heterocycles. The van der Waals surface area contributed by atoms with E-state index in [-0.39, 0.29) is 17.0 Å². The summed E-state index contributed by atoms with van der Waals surface area (Å²) < 4.78 is 42.8. The minimum Gasteiger partial charge on any atom is -0.357 e. The minimum absolute atomic E-state index is 0.0241. The molecule has 1 N–H and O–H groups in total. The molecule has 0 saturated carbocycles. The van der Waals surface area contributed by atoms with Crippen LogP contribution in [0.4, 0.5) is 10.1 Å². The van der Waals surface area contributed by atoms with E-state index in [1.165, 1.54) is 49.2 Å². The van der Waals surface area contributed by atoms with Gasteiger partial charge in [0.15, 0.2) is 0 Å². The lowest BCUT2D eigenvalue weighted by Crippen LogP contribution is -2.50. The molecule has 0 spiro atoms. The zero-order valence-electron chi connectivity index (χ0n) is 20.7. The number of aryl methyl sites for hydroxylation is 2. The van der Waals surface area contributed by atoms with E-state index in [0.29, 0.717) is 5.69 Å². The molecule has 3 aromatic rings. The lowest BCUT2D eigenvalue weighted by molar-refractivity contribution is -0.139. The van der Waals surface area contributed by atoms with E-state index >= 15 is 0 Å². The summed E-state index contributed by atoms with van der Waals surface area (Å²) in [6.45, 7) is 4.50. The fraction of sp³-hybridized carbons (Fsp3) is 0.259. The van der Waals surface area contributed by atoms with Crippen LogP contribution >= 0.6 is 0 Å². The molecule has 0 aliphatic carbocycles. The molecule has 0 radical (unpaired) electrons. The van der Waals surface area contributed by atoms with Gasteiger partial charge in [-0.05, 0) is 62.2 Å². The smallest absolute Gasteiger partial charge is 0.264 e. The summed E-state index contributed by atoms with van der Waals surface area (Å²) in [5.41, 5.74) is 2.35. The van der Waals surface area contributed by atoms with Crippen LogP contribution in [0, 0.1) is 19.7 Å². The van der Waals surface area contributed by atoms with Gasteiger partial charge >= 0.3 is 0 Å². The van der Waals surface area contributed by atoms with Crippen molar-refractivity contribution in [1.82, 2.24) is 10.2 Å². The van der Waals surface area contributed by atoms with Crippen LogP contribution in [0.1, 0.15) is 23.6 Å². The third-order valence-electron chi connectivity index (χ3n) is 6.10. The molecule has 0 aliphatic heterocycles. The van der Waals surface area contributed by atoms with Gasteiger partial charge in [-0.1, -0.05) is 42.5 Å². The Morgan fingerprint density at radius 3 is 2.19 bits per heavy atom. The molecule has 0 aromatic heterocycles. The summed E-state index contributed by atoms with van der Waals surface area (Å²) in [4.78, 5) is 27.3. The van der Waals surface area contributed by atoms with Crippen LogP contribution in [0.5, 0.6) is 0 Å². The lowest BCUT2D eigenvalue weighted by Gasteiger charge is -2.32. The number of halogens is 1. The van der Waals surface area contributed by atoms with Crippen molar-refractivity contribution in [2.24, 2.45) is 0 Å². The Hall–Kier alpha value is -3.72. The van der Waals surface area contributed by atoms with Gasteiger partial charge in [-0.2, -0.15) is 0 Å². The fourth-order valence-corrected chi connectivity index (χ4v) is 5.16. The second-order valence-electron chi connectivity index (χ2n) is 8.50. The van der Waals surface area contributed by atoms with Crippen molar-refractivity contribution >= 4 is 27.5 Å². The maximum Gasteiger partial charge on any atom is 0.264 e. The molecule has 0 fully saturated rings. The number of carbonyl (C=O) groups is 2. The number of nitrogens with one attached hydrogen (secondary N) is 1. The first-order chi connectivity index (χ1) is 17.1. The number of anilines is 1. The summed E-state index contributed by atoms with van der Waals surface area (Å²) in [6, 6.07) is 17.9. The van der Waals surface area contributed by atoms with Crippen LogP contribution in [0.25, 0.3) is 0 Å². The number of benzene rings is 3. The molecule has 1 atom stereocenters. The van der Waals surface area contributed by atoms with Crippen molar-refractivity contribution < 1.29 is 22.4 Å². The van der Waals surface area contributed by atoms with Gasteiger partial charge in [0.1, 0.15) is 18.4 Å². The molecule has 0 aliphatic rings. The summed E-state index contributed by atoms with van der Waals surface area (Å²) in [7, 11) is -2.70. The van der Waals surface area contributed by atoms with E-state index in [1.807, 2.05) is 13.8 Å². The Balaban J connectivity index is 2.06. The van der Waals surface area contributed by atoms with Crippen LogP contribution < -0.4 is 9.62 Å². The van der Waals surface area contributed by atoms with Crippen molar-refractivity contribution in [1.29, 1.82) is 0 Å². The second kappa shape index (κ2) is 11.3. The van der Waals surface area contributed by atoms with Gasteiger partial charge in [0.25, 0.3) is 10.0 Å². The molecule has 36 heavy (non-hydrogen) atoms. The van der Waals surface area contributed by atoms with Crippen molar-refractivity contribution in [2.45, 2.75) is 38.3 Å². The number of hydrogen-bond donors (Lipinski definition) is 1. The lowest BCUT2D eigenvalue weighted by atomic mass is 10.1. The molecule has 0 heterocycles. The average Bonchev–Trinajstić information content (AvgIpc) is 2.87. The zero-order chi connectivity index (χ0) is 26.5. The number of amides is 2. The number of hydrogen-bond acceptors (Lipinski definition) is 4. The highest BCUT2D eigenvalue weighted by molar-refractivity contribution is 7.92. The molecular formula is C27H30FN3O4S. The average molecular weight is 512 g/mol. The maximum atomic E-state index is 14.4. The Morgan fingerprint density at radius 2 is 1.58 bits per heavy atom. The van der Waals surface area contributed by atoms with Crippen molar-refractivity contribution in [3.05, 3.63) is 95.3 Å². The quantitative estimate of drug-likeness (QED) is 0.474. The molecule has 0 bridgehead atoms. The zero-order valence-corrected chi connectivity index (χ0v) is 21.5. The van der Waals surface area contributed by atoms with Crippen molar-refractivity contribution in [2.75, 3.05) is 17.9 Å². The molecule has 3 rings (SSSR count). The van der Waals surface area contributed by atoms with Gasteiger partial charge in [0.05, 0.1) is 10.6 Å². The molecule has 2 amide bonds. The Bertz CT molecular complexity index is 1350. The molecule has 9 heteroatoms.